The van der Waals surface area contributed by atoms with Crippen molar-refractivity contribution in [2.45, 2.75) is 51.9 Å². The lowest BCUT2D eigenvalue weighted by Crippen LogP contribution is -2.36. The van der Waals surface area contributed by atoms with E-state index in [4.69, 9.17) is 5.73 Å². The Morgan fingerprint density at radius 3 is 2.86 bits per heavy atom. The van der Waals surface area contributed by atoms with E-state index in [1.807, 2.05) is 0 Å². The lowest BCUT2D eigenvalue weighted by Gasteiger charge is -2.17. The molecule has 1 heterocycles. The van der Waals surface area contributed by atoms with Crippen LogP contribution in [0.25, 0.3) is 0 Å². The second-order valence-corrected chi connectivity index (χ2v) is 7.89. The predicted octanol–water partition coefficient (Wildman–Crippen LogP) is 2.47. The lowest BCUT2D eigenvalue weighted by atomic mass is 9.93. The Balaban J connectivity index is 1.79. The van der Waals surface area contributed by atoms with Crippen molar-refractivity contribution in [2.75, 3.05) is 13.1 Å². The highest BCUT2D eigenvalue weighted by Gasteiger charge is 2.31. The second-order valence-electron chi connectivity index (χ2n) is 6.95. The maximum Gasteiger partial charge on any atom is 0.223 e. The van der Waals surface area contributed by atoms with Gasteiger partial charge < -0.3 is 11.1 Å². The van der Waals surface area contributed by atoms with Crippen LogP contribution in [0.5, 0.6) is 0 Å². The molecule has 0 unspecified atom stereocenters. The molecule has 0 aromatic carbocycles. The minimum absolute atomic E-state index is 0.0934. The fraction of sp³-hybridized carbons (Fsp3) is 0.750. The Hall–Kier alpha value is -0.940. The van der Waals surface area contributed by atoms with Crippen LogP contribution < -0.4 is 11.1 Å². The van der Waals surface area contributed by atoms with E-state index in [0.717, 1.165) is 36.4 Å². The van der Waals surface area contributed by atoms with Crippen molar-refractivity contribution >= 4 is 17.2 Å². The van der Waals surface area contributed by atoms with Gasteiger partial charge in [0.15, 0.2) is 0 Å². The average molecular weight is 309 g/mol. The summed E-state index contributed by atoms with van der Waals surface area (Å²) in [6.07, 6.45) is 4.02. The third-order valence-corrected chi connectivity index (χ3v) is 5.17. The summed E-state index contributed by atoms with van der Waals surface area (Å²) in [5, 5.41) is 6.28. The minimum atomic E-state index is 0.0934. The lowest BCUT2D eigenvalue weighted by molar-refractivity contribution is -0.125. The molecule has 1 amide bonds. The number of rotatable bonds is 5. The molecule has 1 aliphatic rings. The molecule has 0 saturated heterocycles. The SMILES string of the molecule is CC(C)(C)c1csc(CCNC(=O)[C@@H]2CCC[C@@H]2CN)n1. The zero-order chi connectivity index (χ0) is 15.5. The van der Waals surface area contributed by atoms with Crippen molar-refractivity contribution in [3.63, 3.8) is 0 Å². The van der Waals surface area contributed by atoms with E-state index in [9.17, 15) is 4.79 Å². The first-order chi connectivity index (χ1) is 9.91. The third kappa shape index (κ3) is 4.27. The van der Waals surface area contributed by atoms with Crippen molar-refractivity contribution in [3.8, 4) is 0 Å². The van der Waals surface area contributed by atoms with E-state index in [1.54, 1.807) is 11.3 Å². The molecule has 3 N–H and O–H groups in total. The number of nitrogens with one attached hydrogen (secondary N) is 1. The van der Waals surface area contributed by atoms with Gasteiger partial charge in [-0.1, -0.05) is 27.2 Å². The van der Waals surface area contributed by atoms with Crippen molar-refractivity contribution in [1.82, 2.24) is 10.3 Å². The van der Waals surface area contributed by atoms with Crippen molar-refractivity contribution in [3.05, 3.63) is 16.1 Å². The summed E-state index contributed by atoms with van der Waals surface area (Å²) in [5.74, 6) is 0.671. The Labute approximate surface area is 131 Å². The summed E-state index contributed by atoms with van der Waals surface area (Å²) < 4.78 is 0. The molecule has 1 aliphatic carbocycles. The first kappa shape index (κ1) is 16.4. The van der Waals surface area contributed by atoms with Crippen molar-refractivity contribution < 1.29 is 4.79 Å². The van der Waals surface area contributed by atoms with Gasteiger partial charge in [-0.25, -0.2) is 4.98 Å². The van der Waals surface area contributed by atoms with E-state index in [2.05, 4.69) is 36.5 Å². The molecule has 1 aromatic rings. The summed E-state index contributed by atoms with van der Waals surface area (Å²) >= 11 is 1.68. The fourth-order valence-electron chi connectivity index (χ4n) is 2.86. The van der Waals surface area contributed by atoms with E-state index in [1.165, 1.54) is 0 Å². The first-order valence-corrected chi connectivity index (χ1v) is 8.72. The Kier molecular flexibility index (Phi) is 5.38. The number of aromatic nitrogens is 1. The van der Waals surface area contributed by atoms with Gasteiger partial charge in [0, 0.05) is 29.7 Å². The van der Waals surface area contributed by atoms with Gasteiger partial charge >= 0.3 is 0 Å². The van der Waals surface area contributed by atoms with E-state index >= 15 is 0 Å². The molecule has 0 aliphatic heterocycles. The van der Waals surface area contributed by atoms with Gasteiger partial charge in [-0.3, -0.25) is 4.79 Å². The first-order valence-electron chi connectivity index (χ1n) is 7.84. The number of thiazole rings is 1. The summed E-state index contributed by atoms with van der Waals surface area (Å²) in [6.45, 7) is 7.80. The van der Waals surface area contributed by atoms with Crippen LogP contribution in [0.2, 0.25) is 0 Å². The maximum absolute atomic E-state index is 12.2. The zero-order valence-corrected chi connectivity index (χ0v) is 14.1. The number of hydrogen-bond acceptors (Lipinski definition) is 4. The van der Waals surface area contributed by atoms with Crippen LogP contribution in [0.15, 0.2) is 5.38 Å². The molecule has 0 bridgehead atoms. The summed E-state index contributed by atoms with van der Waals surface area (Å²) in [4.78, 5) is 16.8. The van der Waals surface area contributed by atoms with Crippen molar-refractivity contribution in [1.29, 1.82) is 0 Å². The van der Waals surface area contributed by atoms with Crippen LogP contribution in [0.1, 0.15) is 50.7 Å². The van der Waals surface area contributed by atoms with E-state index in [-0.39, 0.29) is 17.2 Å². The minimum Gasteiger partial charge on any atom is -0.355 e. The van der Waals surface area contributed by atoms with Gasteiger partial charge in [-0.2, -0.15) is 0 Å². The highest BCUT2D eigenvalue weighted by molar-refractivity contribution is 7.09. The normalized spacial score (nSPS) is 22.5. The Bertz CT molecular complexity index is 478. The smallest absolute Gasteiger partial charge is 0.223 e. The molecular formula is C16H27N3OS. The quantitative estimate of drug-likeness (QED) is 0.878. The summed E-state index contributed by atoms with van der Waals surface area (Å²) in [6, 6.07) is 0. The summed E-state index contributed by atoms with van der Waals surface area (Å²) in [7, 11) is 0. The van der Waals surface area contributed by atoms with Gasteiger partial charge in [0.2, 0.25) is 5.91 Å². The number of carbonyl (C=O) groups is 1. The second kappa shape index (κ2) is 6.88. The molecule has 0 radical (unpaired) electrons. The van der Waals surface area contributed by atoms with Crippen LogP contribution in [0, 0.1) is 11.8 Å². The highest BCUT2D eigenvalue weighted by Crippen LogP contribution is 2.31. The zero-order valence-electron chi connectivity index (χ0n) is 13.3. The molecule has 118 valence electrons. The van der Waals surface area contributed by atoms with Crippen LogP contribution in [0.3, 0.4) is 0 Å². The maximum atomic E-state index is 12.2. The van der Waals surface area contributed by atoms with Crippen LogP contribution >= 0.6 is 11.3 Å². The molecule has 0 spiro atoms. The fourth-order valence-corrected chi connectivity index (χ4v) is 3.88. The molecule has 2 rings (SSSR count). The molecule has 1 fully saturated rings. The third-order valence-electron chi connectivity index (χ3n) is 4.26. The van der Waals surface area contributed by atoms with Gasteiger partial charge in [-0.05, 0) is 25.3 Å². The number of nitrogens with two attached hydrogens (primary N) is 1. The topological polar surface area (TPSA) is 68.0 Å². The number of nitrogens with zero attached hydrogens (tertiary/aromatic N) is 1. The van der Waals surface area contributed by atoms with Gasteiger partial charge in [0.05, 0.1) is 10.7 Å². The van der Waals surface area contributed by atoms with Crippen LogP contribution in [-0.4, -0.2) is 24.0 Å². The Morgan fingerprint density at radius 1 is 1.48 bits per heavy atom. The average Bonchev–Trinajstić information content (AvgIpc) is 3.06. The van der Waals surface area contributed by atoms with E-state index in [0.29, 0.717) is 19.0 Å². The largest absolute Gasteiger partial charge is 0.355 e. The van der Waals surface area contributed by atoms with Crippen LogP contribution in [0.4, 0.5) is 0 Å². The molecule has 1 saturated carbocycles. The molecule has 4 nitrogen and oxygen atoms in total. The van der Waals surface area contributed by atoms with Crippen molar-refractivity contribution in [2.24, 2.45) is 17.6 Å². The molecular weight excluding hydrogens is 282 g/mol. The highest BCUT2D eigenvalue weighted by atomic mass is 32.1. The number of hydrogen-bond donors (Lipinski definition) is 2. The monoisotopic (exact) mass is 309 g/mol. The Morgan fingerprint density at radius 2 is 2.24 bits per heavy atom. The molecule has 1 aromatic heterocycles. The standard InChI is InChI=1S/C16H27N3OS/c1-16(2,3)13-10-21-14(19-13)7-8-18-15(20)12-6-4-5-11(12)9-17/h10-12H,4-9,17H2,1-3H3,(H,18,20)/t11-,12-/m1/s1. The number of carbonyl (C=O) groups excluding carboxylic acids is 1. The van der Waals surface area contributed by atoms with Gasteiger partial charge in [-0.15, -0.1) is 11.3 Å². The van der Waals surface area contributed by atoms with Gasteiger partial charge in [0.1, 0.15) is 0 Å². The van der Waals surface area contributed by atoms with Gasteiger partial charge in [0.25, 0.3) is 0 Å². The summed E-state index contributed by atoms with van der Waals surface area (Å²) in [5.41, 5.74) is 6.96. The van der Waals surface area contributed by atoms with E-state index < -0.39 is 0 Å². The number of amides is 1. The predicted molar refractivity (Wildman–Crippen MR) is 87.4 cm³/mol. The molecule has 5 heteroatoms. The van der Waals surface area contributed by atoms with Crippen LogP contribution in [-0.2, 0) is 16.6 Å². The molecule has 2 atom stereocenters. The molecule has 21 heavy (non-hydrogen) atoms.